The van der Waals surface area contributed by atoms with E-state index in [1.807, 2.05) is 17.7 Å². The zero-order chi connectivity index (χ0) is 13.8. The summed E-state index contributed by atoms with van der Waals surface area (Å²) in [4.78, 5) is 29.2. The molecule has 0 saturated carbocycles. The molecule has 0 aromatic carbocycles. The van der Waals surface area contributed by atoms with Crippen LogP contribution in [0.4, 0.5) is 0 Å². The second-order valence-corrected chi connectivity index (χ2v) is 5.04. The van der Waals surface area contributed by atoms with Crippen LogP contribution in [0.25, 0.3) is 0 Å². The van der Waals surface area contributed by atoms with Gasteiger partial charge in [0.05, 0.1) is 6.33 Å². The molecule has 19 heavy (non-hydrogen) atoms. The molecule has 6 heteroatoms. The van der Waals surface area contributed by atoms with Crippen molar-refractivity contribution in [3.8, 4) is 0 Å². The Hall–Kier alpha value is -1.85. The van der Waals surface area contributed by atoms with E-state index < -0.39 is 0 Å². The highest BCUT2D eigenvalue weighted by Crippen LogP contribution is 2.17. The van der Waals surface area contributed by atoms with Crippen molar-refractivity contribution >= 4 is 11.8 Å². The van der Waals surface area contributed by atoms with Gasteiger partial charge in [0.2, 0.25) is 11.8 Å². The van der Waals surface area contributed by atoms with Gasteiger partial charge in [0.1, 0.15) is 6.04 Å². The van der Waals surface area contributed by atoms with E-state index >= 15 is 0 Å². The fourth-order valence-electron chi connectivity index (χ4n) is 2.51. The lowest BCUT2D eigenvalue weighted by Crippen LogP contribution is -2.48. The number of aromatic nitrogens is 2. The van der Waals surface area contributed by atoms with E-state index in [1.54, 1.807) is 17.4 Å². The highest BCUT2D eigenvalue weighted by Gasteiger charge is 2.32. The lowest BCUT2D eigenvalue weighted by Gasteiger charge is -2.24. The normalized spacial score (nSPS) is 20.3. The maximum absolute atomic E-state index is 12.2. The molecule has 0 radical (unpaired) electrons. The fraction of sp³-hybridized carbons (Fsp3) is 0.615. The van der Waals surface area contributed by atoms with Gasteiger partial charge in [0.25, 0.3) is 0 Å². The first-order valence-electron chi connectivity index (χ1n) is 6.61. The van der Waals surface area contributed by atoms with Crippen LogP contribution >= 0.6 is 0 Å². The Balaban J connectivity index is 1.88. The van der Waals surface area contributed by atoms with Crippen molar-refractivity contribution < 1.29 is 9.59 Å². The molecule has 0 unspecified atom stereocenters. The molecule has 2 rings (SSSR count). The number of likely N-dealkylation sites (tertiary alicyclic amines) is 1. The van der Waals surface area contributed by atoms with Crippen LogP contribution in [-0.4, -0.2) is 44.9 Å². The quantitative estimate of drug-likeness (QED) is 0.856. The molecule has 2 heterocycles. The van der Waals surface area contributed by atoms with E-state index in [0.29, 0.717) is 13.1 Å². The first-order chi connectivity index (χ1) is 9.08. The summed E-state index contributed by atoms with van der Waals surface area (Å²) in [6.45, 7) is 4.83. The Kier molecular flexibility index (Phi) is 4.19. The van der Waals surface area contributed by atoms with Crippen LogP contribution < -0.4 is 5.32 Å². The summed E-state index contributed by atoms with van der Waals surface area (Å²) in [5.41, 5.74) is 0. The SMILES string of the molecule is CC(=O)N1CCC[C@H]1C(=O)N[C@@H](C)Cn1ccnc1. The number of nitrogens with zero attached hydrogens (tertiary/aromatic N) is 3. The number of carbonyl (C=O) groups excluding carboxylic acids is 2. The molecule has 2 atom stereocenters. The Morgan fingerprint density at radius 3 is 2.95 bits per heavy atom. The zero-order valence-electron chi connectivity index (χ0n) is 11.4. The number of imidazole rings is 1. The second kappa shape index (κ2) is 5.86. The first kappa shape index (κ1) is 13.6. The summed E-state index contributed by atoms with van der Waals surface area (Å²) in [7, 11) is 0. The maximum atomic E-state index is 12.2. The van der Waals surface area contributed by atoms with Gasteiger partial charge in [-0.1, -0.05) is 0 Å². The molecular formula is C13H20N4O2. The van der Waals surface area contributed by atoms with Crippen LogP contribution in [0.1, 0.15) is 26.7 Å². The molecule has 0 spiro atoms. The van der Waals surface area contributed by atoms with Gasteiger partial charge in [-0.25, -0.2) is 4.98 Å². The molecule has 1 saturated heterocycles. The van der Waals surface area contributed by atoms with Crippen molar-refractivity contribution in [3.63, 3.8) is 0 Å². The average molecular weight is 264 g/mol. The Bertz CT molecular complexity index is 444. The third-order valence-electron chi connectivity index (χ3n) is 3.39. The molecule has 0 bridgehead atoms. The molecule has 1 aromatic heterocycles. The lowest BCUT2D eigenvalue weighted by atomic mass is 10.2. The average Bonchev–Trinajstić information content (AvgIpc) is 2.97. The Morgan fingerprint density at radius 1 is 1.53 bits per heavy atom. The van der Waals surface area contributed by atoms with E-state index in [-0.39, 0.29) is 23.9 Å². The smallest absolute Gasteiger partial charge is 0.243 e. The van der Waals surface area contributed by atoms with E-state index in [9.17, 15) is 9.59 Å². The van der Waals surface area contributed by atoms with E-state index in [0.717, 1.165) is 12.8 Å². The summed E-state index contributed by atoms with van der Waals surface area (Å²) in [6, 6.07) is -0.293. The number of nitrogens with one attached hydrogen (secondary N) is 1. The number of amides is 2. The topological polar surface area (TPSA) is 67.2 Å². The van der Waals surface area contributed by atoms with Gasteiger partial charge in [0.15, 0.2) is 0 Å². The molecule has 2 amide bonds. The summed E-state index contributed by atoms with van der Waals surface area (Å²) >= 11 is 0. The standard InChI is InChI=1S/C13H20N4O2/c1-10(8-16-7-5-14-9-16)15-13(19)12-4-3-6-17(12)11(2)18/h5,7,9-10,12H,3-4,6,8H2,1-2H3,(H,15,19)/t10-,12-/m0/s1. The van der Waals surface area contributed by atoms with Gasteiger partial charge in [-0.15, -0.1) is 0 Å². The van der Waals surface area contributed by atoms with Crippen LogP contribution in [0.5, 0.6) is 0 Å². The van der Waals surface area contributed by atoms with Crippen LogP contribution in [0.15, 0.2) is 18.7 Å². The summed E-state index contributed by atoms with van der Waals surface area (Å²) < 4.78 is 1.92. The number of hydrogen-bond donors (Lipinski definition) is 1. The third-order valence-corrected chi connectivity index (χ3v) is 3.39. The van der Waals surface area contributed by atoms with Crippen LogP contribution in [0.2, 0.25) is 0 Å². The van der Waals surface area contributed by atoms with Crippen molar-refractivity contribution in [2.24, 2.45) is 0 Å². The minimum atomic E-state index is -0.303. The van der Waals surface area contributed by atoms with E-state index in [4.69, 9.17) is 0 Å². The van der Waals surface area contributed by atoms with E-state index in [2.05, 4.69) is 10.3 Å². The minimum Gasteiger partial charge on any atom is -0.350 e. The van der Waals surface area contributed by atoms with Crippen LogP contribution in [0.3, 0.4) is 0 Å². The van der Waals surface area contributed by atoms with Crippen molar-refractivity contribution in [3.05, 3.63) is 18.7 Å². The van der Waals surface area contributed by atoms with Crippen LogP contribution in [0, 0.1) is 0 Å². The second-order valence-electron chi connectivity index (χ2n) is 5.04. The predicted octanol–water partition coefficient (Wildman–Crippen LogP) is 0.399. The molecule has 1 aromatic rings. The van der Waals surface area contributed by atoms with Crippen molar-refractivity contribution in [1.82, 2.24) is 19.8 Å². The molecule has 1 aliphatic rings. The molecule has 1 aliphatic heterocycles. The third kappa shape index (κ3) is 3.33. The Labute approximate surface area is 112 Å². The van der Waals surface area contributed by atoms with Crippen LogP contribution in [-0.2, 0) is 16.1 Å². The van der Waals surface area contributed by atoms with E-state index in [1.165, 1.54) is 6.92 Å². The highest BCUT2D eigenvalue weighted by atomic mass is 16.2. The number of hydrogen-bond acceptors (Lipinski definition) is 3. The highest BCUT2D eigenvalue weighted by molar-refractivity contribution is 5.87. The molecule has 1 N–H and O–H groups in total. The summed E-state index contributed by atoms with van der Waals surface area (Å²) in [5.74, 6) is -0.0831. The minimum absolute atomic E-state index is 0.0103. The molecule has 0 aliphatic carbocycles. The zero-order valence-corrected chi connectivity index (χ0v) is 11.4. The molecule has 1 fully saturated rings. The maximum Gasteiger partial charge on any atom is 0.243 e. The fourth-order valence-corrected chi connectivity index (χ4v) is 2.51. The van der Waals surface area contributed by atoms with Gasteiger partial charge < -0.3 is 14.8 Å². The Morgan fingerprint density at radius 2 is 2.32 bits per heavy atom. The predicted molar refractivity (Wildman–Crippen MR) is 70.2 cm³/mol. The summed E-state index contributed by atoms with van der Waals surface area (Å²) in [6.07, 6.45) is 6.94. The number of rotatable bonds is 4. The van der Waals surface area contributed by atoms with Gasteiger partial charge >= 0.3 is 0 Å². The van der Waals surface area contributed by atoms with Gasteiger partial charge in [-0.3, -0.25) is 9.59 Å². The van der Waals surface area contributed by atoms with Crippen molar-refractivity contribution in [2.45, 2.75) is 45.3 Å². The van der Waals surface area contributed by atoms with Gasteiger partial charge in [-0.2, -0.15) is 0 Å². The summed E-state index contributed by atoms with van der Waals surface area (Å²) in [5, 5.41) is 2.96. The molecule has 104 valence electrons. The largest absolute Gasteiger partial charge is 0.350 e. The monoisotopic (exact) mass is 264 g/mol. The lowest BCUT2D eigenvalue weighted by molar-refractivity contribution is -0.137. The van der Waals surface area contributed by atoms with Gasteiger partial charge in [0, 0.05) is 38.4 Å². The van der Waals surface area contributed by atoms with Crippen molar-refractivity contribution in [1.29, 1.82) is 0 Å². The molecule has 6 nitrogen and oxygen atoms in total. The van der Waals surface area contributed by atoms with Gasteiger partial charge in [-0.05, 0) is 19.8 Å². The molecular weight excluding hydrogens is 244 g/mol. The van der Waals surface area contributed by atoms with Crippen molar-refractivity contribution in [2.75, 3.05) is 6.54 Å². The number of carbonyl (C=O) groups is 2. The first-order valence-corrected chi connectivity index (χ1v) is 6.61.